The van der Waals surface area contributed by atoms with Gasteiger partial charge in [0.2, 0.25) is 0 Å². The third-order valence-corrected chi connectivity index (χ3v) is 5.09. The Hall–Kier alpha value is -3.83. The van der Waals surface area contributed by atoms with Crippen LogP contribution in [0.3, 0.4) is 0 Å². The summed E-state index contributed by atoms with van der Waals surface area (Å²) in [5, 5.41) is 2.42. The Morgan fingerprint density at radius 1 is 1.19 bits per heavy atom. The second-order valence-electron chi connectivity index (χ2n) is 7.10. The largest absolute Gasteiger partial charge is 0.573 e. The molecule has 5 amide bonds. The third kappa shape index (κ3) is 3.83. The molecule has 9 nitrogen and oxygen atoms in total. The van der Waals surface area contributed by atoms with Crippen molar-refractivity contribution in [3.8, 4) is 5.75 Å². The lowest BCUT2D eigenvalue weighted by Crippen LogP contribution is -2.36. The summed E-state index contributed by atoms with van der Waals surface area (Å²) in [6, 6.07) is 4.65. The molecule has 0 atom stereocenters. The molecule has 0 unspecified atom stereocenters. The topological polar surface area (TPSA) is 118 Å². The molecule has 2 aliphatic rings. The Kier molecular flexibility index (Phi) is 4.71. The Morgan fingerprint density at radius 2 is 1.87 bits per heavy atom. The van der Waals surface area contributed by atoms with Crippen molar-refractivity contribution in [1.29, 1.82) is 0 Å². The van der Waals surface area contributed by atoms with E-state index in [9.17, 15) is 27.6 Å². The van der Waals surface area contributed by atoms with E-state index in [0.29, 0.717) is 24.1 Å². The van der Waals surface area contributed by atoms with Crippen molar-refractivity contribution in [3.63, 3.8) is 0 Å². The van der Waals surface area contributed by atoms with Gasteiger partial charge >= 0.3 is 18.4 Å². The van der Waals surface area contributed by atoms with E-state index >= 15 is 0 Å². The number of rotatable bonds is 5. The lowest BCUT2D eigenvalue weighted by atomic mass is 10.1. The number of aromatic nitrogens is 1. The van der Waals surface area contributed by atoms with Crippen LogP contribution in [0, 0.1) is 0 Å². The number of hydrogen-bond acceptors (Lipinski definition) is 5. The molecule has 2 fully saturated rings. The molecule has 4 rings (SSSR count). The molecule has 1 spiro atoms. The number of primary amides is 1. The molecule has 1 aliphatic carbocycles. The maximum absolute atomic E-state index is 13.1. The van der Waals surface area contributed by atoms with Crippen molar-refractivity contribution in [2.24, 2.45) is 5.73 Å². The summed E-state index contributed by atoms with van der Waals surface area (Å²) < 4.78 is 40.9. The van der Waals surface area contributed by atoms with E-state index in [1.54, 1.807) is 6.07 Å². The highest BCUT2D eigenvalue weighted by atomic mass is 19.4. The Morgan fingerprint density at radius 3 is 2.45 bits per heavy atom. The maximum Gasteiger partial charge on any atom is 0.573 e. The van der Waals surface area contributed by atoms with Gasteiger partial charge in [-0.15, -0.1) is 13.2 Å². The van der Waals surface area contributed by atoms with Gasteiger partial charge in [0.1, 0.15) is 11.3 Å². The van der Waals surface area contributed by atoms with E-state index in [4.69, 9.17) is 5.73 Å². The normalized spacial score (nSPS) is 17.3. The second-order valence-corrected chi connectivity index (χ2v) is 7.10. The average Bonchev–Trinajstić information content (AvgIpc) is 3.45. The number of alkyl halides is 3. The Bertz CT molecular complexity index is 1050. The summed E-state index contributed by atoms with van der Waals surface area (Å²) in [6.07, 6.45) is -1.10. The Labute approximate surface area is 173 Å². The highest BCUT2D eigenvalue weighted by Gasteiger charge is 2.65. The van der Waals surface area contributed by atoms with E-state index in [2.05, 4.69) is 15.0 Å². The zero-order chi connectivity index (χ0) is 22.4. The number of halogens is 3. The first-order chi connectivity index (χ1) is 14.6. The highest BCUT2D eigenvalue weighted by Crippen LogP contribution is 2.50. The number of imide groups is 1. The van der Waals surface area contributed by atoms with Crippen molar-refractivity contribution in [3.05, 3.63) is 48.3 Å². The minimum Gasteiger partial charge on any atom is -0.406 e. The number of carbonyl (C=O) groups is 3. The van der Waals surface area contributed by atoms with E-state index in [1.807, 2.05) is 0 Å². The molecule has 3 N–H and O–H groups in total. The first kappa shape index (κ1) is 20.4. The molecule has 1 saturated heterocycles. The predicted octanol–water partition coefficient (Wildman–Crippen LogP) is 2.97. The summed E-state index contributed by atoms with van der Waals surface area (Å²) in [4.78, 5) is 43.6. The van der Waals surface area contributed by atoms with Crippen molar-refractivity contribution in [1.82, 2.24) is 9.88 Å². The van der Waals surface area contributed by atoms with Crippen molar-refractivity contribution in [2.45, 2.75) is 31.3 Å². The van der Waals surface area contributed by atoms with Crippen LogP contribution < -0.4 is 20.7 Å². The van der Waals surface area contributed by atoms with Gasteiger partial charge in [0.05, 0.1) is 24.1 Å². The number of urea groups is 2. The summed E-state index contributed by atoms with van der Waals surface area (Å²) >= 11 is 0. The standard InChI is InChI=1S/C19H16F3N5O4/c20-19(21,22)31-13-3-1-12(2-4-13)27-15(28)18(6-7-18)26(17(27)30)10-11-5-8-24-9-14(11)25-16(23)29/h1-5,8-9H,6-7,10H2,(H3,23,25,29). The van der Waals surface area contributed by atoms with Crippen LogP contribution in [-0.4, -0.2) is 39.8 Å². The van der Waals surface area contributed by atoms with Gasteiger partial charge < -0.3 is 20.7 Å². The number of nitrogens with zero attached hydrogens (tertiary/aromatic N) is 3. The molecular weight excluding hydrogens is 419 g/mol. The molecule has 31 heavy (non-hydrogen) atoms. The van der Waals surface area contributed by atoms with Crippen LogP contribution in [-0.2, 0) is 11.3 Å². The number of amides is 5. The number of nitrogens with two attached hydrogens (primary N) is 1. The van der Waals surface area contributed by atoms with E-state index in [1.165, 1.54) is 29.4 Å². The predicted molar refractivity (Wildman–Crippen MR) is 101 cm³/mol. The van der Waals surface area contributed by atoms with Gasteiger partial charge in [0.15, 0.2) is 0 Å². The molecule has 12 heteroatoms. The van der Waals surface area contributed by atoms with Crippen LogP contribution in [0.1, 0.15) is 18.4 Å². The molecule has 1 aromatic heterocycles. The molecule has 2 aromatic rings. The third-order valence-electron chi connectivity index (χ3n) is 5.09. The van der Waals surface area contributed by atoms with Gasteiger partial charge in [-0.05, 0) is 48.7 Å². The van der Waals surface area contributed by atoms with Gasteiger partial charge in [-0.3, -0.25) is 9.78 Å². The van der Waals surface area contributed by atoms with E-state index in [0.717, 1.165) is 17.0 Å². The van der Waals surface area contributed by atoms with Gasteiger partial charge in [-0.2, -0.15) is 0 Å². The van der Waals surface area contributed by atoms with E-state index in [-0.39, 0.29) is 12.2 Å². The summed E-state index contributed by atoms with van der Waals surface area (Å²) in [5.41, 5.74) is 5.10. The van der Waals surface area contributed by atoms with Gasteiger partial charge in [0, 0.05) is 6.20 Å². The maximum atomic E-state index is 13.1. The Balaban J connectivity index is 1.60. The quantitative estimate of drug-likeness (QED) is 0.700. The number of carbonyl (C=O) groups excluding carboxylic acids is 3. The molecule has 1 saturated carbocycles. The monoisotopic (exact) mass is 435 g/mol. The zero-order valence-electron chi connectivity index (χ0n) is 15.8. The van der Waals surface area contributed by atoms with Crippen molar-refractivity contribution < 1.29 is 32.3 Å². The number of ether oxygens (including phenoxy) is 1. The van der Waals surface area contributed by atoms with Crippen LogP contribution in [0.4, 0.5) is 34.1 Å². The van der Waals surface area contributed by atoms with Crippen molar-refractivity contribution >= 4 is 29.3 Å². The summed E-state index contributed by atoms with van der Waals surface area (Å²) in [6.45, 7) is 0.00841. The number of anilines is 2. The SMILES string of the molecule is NC(=O)Nc1cnccc1CN1C(=O)N(c2ccc(OC(F)(F)F)cc2)C(=O)C12CC2. The molecule has 1 aliphatic heterocycles. The molecule has 162 valence electrons. The van der Waals surface area contributed by atoms with E-state index < -0.39 is 35.6 Å². The van der Waals surface area contributed by atoms with Gasteiger partial charge in [0.25, 0.3) is 5.91 Å². The van der Waals surface area contributed by atoms with Crippen molar-refractivity contribution in [2.75, 3.05) is 10.2 Å². The van der Waals surface area contributed by atoms with Crippen LogP contribution in [0.2, 0.25) is 0 Å². The molecule has 0 radical (unpaired) electrons. The fourth-order valence-corrected chi connectivity index (χ4v) is 3.54. The molecular formula is C19H16F3N5O4. The number of pyridine rings is 1. The smallest absolute Gasteiger partial charge is 0.406 e. The lowest BCUT2D eigenvalue weighted by Gasteiger charge is -2.22. The fourth-order valence-electron chi connectivity index (χ4n) is 3.54. The first-order valence-corrected chi connectivity index (χ1v) is 9.12. The minimum absolute atomic E-state index is 0.00841. The zero-order valence-corrected chi connectivity index (χ0v) is 15.8. The molecule has 1 aromatic carbocycles. The first-order valence-electron chi connectivity index (χ1n) is 9.12. The van der Waals surface area contributed by atoms with Crippen LogP contribution in [0.5, 0.6) is 5.75 Å². The van der Waals surface area contributed by atoms with Crippen LogP contribution >= 0.6 is 0 Å². The number of benzene rings is 1. The fraction of sp³-hybridized carbons (Fsp3) is 0.263. The van der Waals surface area contributed by atoms with Gasteiger partial charge in [-0.25, -0.2) is 14.5 Å². The average molecular weight is 435 g/mol. The highest BCUT2D eigenvalue weighted by molar-refractivity contribution is 6.24. The molecule has 0 bridgehead atoms. The minimum atomic E-state index is -4.85. The number of nitrogens with one attached hydrogen (secondary N) is 1. The lowest BCUT2D eigenvalue weighted by molar-refractivity contribution is -0.274. The van der Waals surface area contributed by atoms with Crippen LogP contribution in [0.25, 0.3) is 0 Å². The number of hydrogen-bond donors (Lipinski definition) is 2. The summed E-state index contributed by atoms with van der Waals surface area (Å²) in [5.74, 6) is -0.923. The van der Waals surface area contributed by atoms with Crippen LogP contribution in [0.15, 0.2) is 42.7 Å². The second kappa shape index (κ2) is 7.15. The molecule has 2 heterocycles. The van der Waals surface area contributed by atoms with Gasteiger partial charge in [-0.1, -0.05) is 0 Å². The summed E-state index contributed by atoms with van der Waals surface area (Å²) in [7, 11) is 0.